The van der Waals surface area contributed by atoms with Gasteiger partial charge in [-0.05, 0) is 46.7 Å². The van der Waals surface area contributed by atoms with Gasteiger partial charge in [-0.25, -0.2) is 5.10 Å². The minimum Gasteiger partial charge on any atom is -0.315 e. The molecule has 24 heavy (non-hydrogen) atoms. The van der Waals surface area contributed by atoms with Gasteiger partial charge in [0.2, 0.25) is 0 Å². The summed E-state index contributed by atoms with van der Waals surface area (Å²) < 4.78 is 0. The lowest BCUT2D eigenvalue weighted by molar-refractivity contribution is 0.364. The highest BCUT2D eigenvalue weighted by Gasteiger charge is 2.36. The second kappa shape index (κ2) is 6.84. The Kier molecular flexibility index (Phi) is 4.80. The number of fused-ring (bicyclic) bond motifs is 1. The van der Waals surface area contributed by atoms with Gasteiger partial charge in [0.05, 0.1) is 0 Å². The van der Waals surface area contributed by atoms with Crippen molar-refractivity contribution in [2.75, 3.05) is 13.1 Å². The summed E-state index contributed by atoms with van der Waals surface area (Å²) in [6.07, 6.45) is 1.10. The van der Waals surface area contributed by atoms with E-state index < -0.39 is 5.54 Å². The highest BCUT2D eigenvalue weighted by Crippen LogP contribution is 2.33. The van der Waals surface area contributed by atoms with Crippen molar-refractivity contribution < 1.29 is 0 Å². The van der Waals surface area contributed by atoms with Crippen molar-refractivity contribution in [1.82, 2.24) is 31.3 Å². The van der Waals surface area contributed by atoms with Crippen molar-refractivity contribution in [2.24, 2.45) is 0 Å². The molecule has 6 nitrogen and oxygen atoms in total. The van der Waals surface area contributed by atoms with Crippen LogP contribution in [0.5, 0.6) is 0 Å². The normalized spacial score (nSPS) is 19.8. The first-order valence-electron chi connectivity index (χ1n) is 7.98. The number of tetrazole rings is 1. The zero-order valence-electron chi connectivity index (χ0n) is 13.5. The number of rotatable bonds is 4. The summed E-state index contributed by atoms with van der Waals surface area (Å²) in [4.78, 5) is 0. The van der Waals surface area contributed by atoms with Crippen molar-refractivity contribution in [1.29, 1.82) is 0 Å². The third-order valence-corrected chi connectivity index (χ3v) is 4.70. The molecule has 4 rings (SSSR count). The van der Waals surface area contributed by atoms with Gasteiger partial charge in [-0.2, -0.15) is 0 Å². The third kappa shape index (κ3) is 2.88. The SMILES string of the molecule is C[C@](N[C@H]1CCNC1)(c1nnn[nH]1)c1cccc2ccccc12.Cl. The predicted octanol–water partition coefficient (Wildman–Crippen LogP) is 1.99. The molecule has 1 aliphatic rings. The molecule has 1 saturated heterocycles. The Labute approximate surface area is 146 Å². The maximum atomic E-state index is 4.21. The number of nitrogens with one attached hydrogen (secondary N) is 3. The van der Waals surface area contributed by atoms with Crippen LogP contribution in [-0.4, -0.2) is 39.8 Å². The molecule has 0 aliphatic carbocycles. The predicted molar refractivity (Wildman–Crippen MR) is 96.2 cm³/mol. The zero-order valence-corrected chi connectivity index (χ0v) is 14.3. The van der Waals surface area contributed by atoms with Crippen LogP contribution in [0.1, 0.15) is 24.7 Å². The highest BCUT2D eigenvalue weighted by molar-refractivity contribution is 5.87. The molecule has 0 bridgehead atoms. The summed E-state index contributed by atoms with van der Waals surface area (Å²) in [7, 11) is 0. The van der Waals surface area contributed by atoms with Gasteiger partial charge in [0.25, 0.3) is 0 Å². The molecule has 2 atom stereocenters. The van der Waals surface area contributed by atoms with Gasteiger partial charge in [0.1, 0.15) is 5.54 Å². The van der Waals surface area contributed by atoms with Gasteiger partial charge in [-0.1, -0.05) is 42.5 Å². The van der Waals surface area contributed by atoms with Crippen LogP contribution in [-0.2, 0) is 5.54 Å². The van der Waals surface area contributed by atoms with Crippen LogP contribution in [0, 0.1) is 0 Å². The van der Waals surface area contributed by atoms with Gasteiger partial charge in [0, 0.05) is 12.6 Å². The summed E-state index contributed by atoms with van der Waals surface area (Å²) in [6, 6.07) is 15.2. The van der Waals surface area contributed by atoms with E-state index in [0.717, 1.165) is 25.3 Å². The second-order valence-electron chi connectivity index (χ2n) is 6.24. The number of benzene rings is 2. The quantitative estimate of drug-likeness (QED) is 0.674. The highest BCUT2D eigenvalue weighted by atomic mass is 35.5. The molecule has 0 amide bonds. The second-order valence-corrected chi connectivity index (χ2v) is 6.24. The summed E-state index contributed by atoms with van der Waals surface area (Å²) in [5.41, 5.74) is 0.710. The van der Waals surface area contributed by atoms with Crippen LogP contribution in [0.4, 0.5) is 0 Å². The molecule has 0 radical (unpaired) electrons. The number of hydrogen-bond donors (Lipinski definition) is 3. The van der Waals surface area contributed by atoms with Crippen molar-refractivity contribution in [3.8, 4) is 0 Å². The van der Waals surface area contributed by atoms with E-state index in [1.165, 1.54) is 16.3 Å². The van der Waals surface area contributed by atoms with E-state index in [4.69, 9.17) is 0 Å². The lowest BCUT2D eigenvalue weighted by Gasteiger charge is -2.33. The van der Waals surface area contributed by atoms with Gasteiger partial charge in [-0.15, -0.1) is 17.5 Å². The molecule has 2 heterocycles. The number of hydrogen-bond acceptors (Lipinski definition) is 5. The first-order valence-corrected chi connectivity index (χ1v) is 7.98. The van der Waals surface area contributed by atoms with Gasteiger partial charge < -0.3 is 5.32 Å². The number of H-pyrrole nitrogens is 1. The Morgan fingerprint density at radius 3 is 2.75 bits per heavy atom. The van der Waals surface area contributed by atoms with E-state index >= 15 is 0 Å². The monoisotopic (exact) mass is 344 g/mol. The third-order valence-electron chi connectivity index (χ3n) is 4.70. The van der Waals surface area contributed by atoms with Crippen LogP contribution in [0.2, 0.25) is 0 Å². The van der Waals surface area contributed by atoms with E-state index in [9.17, 15) is 0 Å². The summed E-state index contributed by atoms with van der Waals surface area (Å²) in [6.45, 7) is 4.15. The van der Waals surface area contributed by atoms with Gasteiger partial charge >= 0.3 is 0 Å². The van der Waals surface area contributed by atoms with Crippen LogP contribution in [0.25, 0.3) is 10.8 Å². The number of halogens is 1. The molecule has 1 aromatic heterocycles. The fourth-order valence-corrected chi connectivity index (χ4v) is 3.49. The molecule has 0 unspecified atom stereocenters. The molecule has 3 aromatic rings. The number of nitrogens with zero attached hydrogens (tertiary/aromatic N) is 3. The number of aromatic amines is 1. The van der Waals surface area contributed by atoms with E-state index in [0.29, 0.717) is 6.04 Å². The molecule has 2 aromatic carbocycles. The molecule has 3 N–H and O–H groups in total. The maximum Gasteiger partial charge on any atom is 0.173 e. The van der Waals surface area contributed by atoms with Crippen LogP contribution in [0.15, 0.2) is 42.5 Å². The molecular formula is C17H21ClN6. The van der Waals surface area contributed by atoms with Crippen LogP contribution in [0.3, 0.4) is 0 Å². The van der Waals surface area contributed by atoms with E-state index in [1.54, 1.807) is 0 Å². The minimum atomic E-state index is -0.471. The Morgan fingerprint density at radius 1 is 1.17 bits per heavy atom. The minimum absolute atomic E-state index is 0. The fraction of sp³-hybridized carbons (Fsp3) is 0.353. The van der Waals surface area contributed by atoms with Crippen LogP contribution >= 0.6 is 12.4 Å². The van der Waals surface area contributed by atoms with E-state index in [2.05, 4.69) is 80.6 Å². The van der Waals surface area contributed by atoms with Crippen LogP contribution < -0.4 is 10.6 Å². The summed E-state index contributed by atoms with van der Waals surface area (Å²) >= 11 is 0. The fourth-order valence-electron chi connectivity index (χ4n) is 3.49. The first-order chi connectivity index (χ1) is 11.3. The standard InChI is InChI=1S/C17H20N6.ClH/c1-17(16-20-22-23-21-16,19-13-9-10-18-11-13)15-8-4-6-12-5-2-3-7-14(12)15;/h2-8,13,18-19H,9-11H2,1H3,(H,20,21,22,23);1H/t13-,17+;/m0./s1. The largest absolute Gasteiger partial charge is 0.315 e. The van der Waals surface area contributed by atoms with Crippen molar-refractivity contribution in [3.05, 3.63) is 53.9 Å². The Hall–Kier alpha value is -2.02. The lowest BCUT2D eigenvalue weighted by atomic mass is 9.86. The Balaban J connectivity index is 0.00000169. The maximum absolute atomic E-state index is 4.21. The number of aromatic nitrogens is 4. The molecule has 1 fully saturated rings. The van der Waals surface area contributed by atoms with Crippen molar-refractivity contribution >= 4 is 23.2 Å². The van der Waals surface area contributed by atoms with Gasteiger partial charge in [-0.3, -0.25) is 5.32 Å². The molecular weight excluding hydrogens is 324 g/mol. The average Bonchev–Trinajstić information content (AvgIpc) is 3.28. The lowest BCUT2D eigenvalue weighted by Crippen LogP contribution is -2.48. The summed E-state index contributed by atoms with van der Waals surface area (Å²) in [5.74, 6) is 0.737. The molecule has 0 spiro atoms. The van der Waals surface area contributed by atoms with Crippen molar-refractivity contribution in [3.63, 3.8) is 0 Å². The topological polar surface area (TPSA) is 78.5 Å². The Morgan fingerprint density at radius 2 is 2.00 bits per heavy atom. The molecule has 1 aliphatic heterocycles. The average molecular weight is 345 g/mol. The molecule has 126 valence electrons. The smallest absolute Gasteiger partial charge is 0.173 e. The van der Waals surface area contributed by atoms with Gasteiger partial charge in [0.15, 0.2) is 5.82 Å². The molecule has 7 heteroatoms. The van der Waals surface area contributed by atoms with E-state index in [1.807, 2.05) is 0 Å². The Bertz CT molecular complexity index is 794. The van der Waals surface area contributed by atoms with E-state index in [-0.39, 0.29) is 12.4 Å². The summed E-state index contributed by atoms with van der Waals surface area (Å²) in [5, 5.41) is 24.4. The molecule has 0 saturated carbocycles. The van der Waals surface area contributed by atoms with Crippen molar-refractivity contribution in [2.45, 2.75) is 24.9 Å². The first kappa shape index (κ1) is 16.8. The zero-order chi connectivity index (χ0) is 15.7.